The third-order valence-electron chi connectivity index (χ3n) is 5.89. The molecule has 0 aliphatic carbocycles. The van der Waals surface area contributed by atoms with Gasteiger partial charge in [-0.3, -0.25) is 9.20 Å². The van der Waals surface area contributed by atoms with E-state index >= 15 is 0 Å². The van der Waals surface area contributed by atoms with Crippen LogP contribution in [-0.4, -0.2) is 50.6 Å². The number of piperidine rings is 1. The molecule has 34 heavy (non-hydrogen) atoms. The van der Waals surface area contributed by atoms with Crippen LogP contribution in [0.25, 0.3) is 16.2 Å². The first-order chi connectivity index (χ1) is 16.3. The van der Waals surface area contributed by atoms with E-state index in [-0.39, 0.29) is 11.8 Å². The number of ether oxygens (including phenoxy) is 1. The predicted molar refractivity (Wildman–Crippen MR) is 120 cm³/mol. The van der Waals surface area contributed by atoms with Crippen molar-refractivity contribution in [3.05, 3.63) is 65.1 Å². The number of aromatic nitrogens is 4. The van der Waals surface area contributed by atoms with Crippen molar-refractivity contribution in [3.8, 4) is 16.3 Å². The summed E-state index contributed by atoms with van der Waals surface area (Å²) in [6, 6.07) is 9.73. The van der Waals surface area contributed by atoms with Gasteiger partial charge in [0.25, 0.3) is 5.91 Å². The van der Waals surface area contributed by atoms with Crippen LogP contribution in [0.4, 0.5) is 13.2 Å². The molecular formula is C23H20F3N5O2S. The molecule has 176 valence electrons. The van der Waals surface area contributed by atoms with Crippen LogP contribution in [0.1, 0.15) is 40.6 Å². The smallest absolute Gasteiger partial charge is 0.417 e. The lowest BCUT2D eigenvalue weighted by molar-refractivity contribution is -0.137. The number of nitrogens with zero attached hydrogens (tertiary/aromatic N) is 5. The minimum atomic E-state index is -4.46. The Labute approximate surface area is 196 Å². The van der Waals surface area contributed by atoms with Crippen LogP contribution in [0.5, 0.6) is 5.75 Å². The van der Waals surface area contributed by atoms with E-state index in [1.807, 2.05) is 24.3 Å². The molecule has 7 nitrogen and oxygen atoms in total. The summed E-state index contributed by atoms with van der Waals surface area (Å²) < 4.78 is 46.1. The number of carbonyl (C=O) groups is 1. The van der Waals surface area contributed by atoms with Crippen molar-refractivity contribution in [2.24, 2.45) is 0 Å². The highest BCUT2D eigenvalue weighted by Crippen LogP contribution is 2.32. The van der Waals surface area contributed by atoms with Gasteiger partial charge < -0.3 is 9.64 Å². The maximum atomic E-state index is 13.2. The van der Waals surface area contributed by atoms with Crippen molar-refractivity contribution in [2.45, 2.75) is 24.9 Å². The van der Waals surface area contributed by atoms with Gasteiger partial charge in [-0.25, -0.2) is 4.98 Å². The molecule has 1 unspecified atom stereocenters. The number of fused-ring (bicyclic) bond motifs is 1. The Kier molecular flexibility index (Phi) is 5.72. The molecule has 0 spiro atoms. The van der Waals surface area contributed by atoms with E-state index in [4.69, 9.17) is 4.74 Å². The lowest BCUT2D eigenvalue weighted by Gasteiger charge is -2.31. The van der Waals surface area contributed by atoms with Crippen molar-refractivity contribution in [3.63, 3.8) is 0 Å². The number of carbonyl (C=O) groups excluding carboxylic acids is 1. The fourth-order valence-corrected chi connectivity index (χ4v) is 4.93. The normalized spacial score (nSPS) is 16.7. The fourth-order valence-electron chi connectivity index (χ4n) is 4.13. The van der Waals surface area contributed by atoms with E-state index in [0.717, 1.165) is 28.6 Å². The number of likely N-dealkylation sites (tertiary alicyclic amines) is 1. The summed E-state index contributed by atoms with van der Waals surface area (Å²) >= 11 is 1.38. The van der Waals surface area contributed by atoms with Gasteiger partial charge in [-0.05, 0) is 49.2 Å². The summed E-state index contributed by atoms with van der Waals surface area (Å²) in [6.45, 7) is 0.889. The number of pyridine rings is 1. The number of methoxy groups -OCH3 is 1. The van der Waals surface area contributed by atoms with Crippen molar-refractivity contribution in [2.75, 3.05) is 20.2 Å². The highest BCUT2D eigenvalue weighted by molar-refractivity contribution is 7.13. The molecular weight excluding hydrogens is 467 g/mol. The number of alkyl halides is 3. The number of rotatable bonds is 4. The average Bonchev–Trinajstić information content (AvgIpc) is 3.50. The molecule has 4 heterocycles. The largest absolute Gasteiger partial charge is 0.497 e. The topological polar surface area (TPSA) is 72.6 Å². The first-order valence-corrected chi connectivity index (χ1v) is 11.5. The first-order valence-electron chi connectivity index (χ1n) is 10.6. The zero-order chi connectivity index (χ0) is 23.9. The quantitative estimate of drug-likeness (QED) is 0.410. The predicted octanol–water partition coefficient (Wildman–Crippen LogP) is 4.90. The molecule has 11 heteroatoms. The summed E-state index contributed by atoms with van der Waals surface area (Å²) in [4.78, 5) is 19.4. The van der Waals surface area contributed by atoms with Gasteiger partial charge in [0.2, 0.25) is 0 Å². The standard InChI is InChI=1S/C23H20F3N5O2S/c1-33-17-7-4-14(5-8-17)21-27-18(13-34-21)22(32)30-10-2-3-15(11-30)20-29-28-19-9-6-16(12-31(19)20)23(24,25)26/h4-9,12-13,15H,2-3,10-11H2,1H3. The van der Waals surface area contributed by atoms with Gasteiger partial charge in [-0.15, -0.1) is 21.5 Å². The molecule has 0 radical (unpaired) electrons. The van der Waals surface area contributed by atoms with Crippen molar-refractivity contribution in [1.82, 2.24) is 24.5 Å². The second-order valence-electron chi connectivity index (χ2n) is 8.06. The highest BCUT2D eigenvalue weighted by Gasteiger charge is 2.33. The van der Waals surface area contributed by atoms with Gasteiger partial charge in [-0.2, -0.15) is 13.2 Å². The van der Waals surface area contributed by atoms with Gasteiger partial charge in [0.15, 0.2) is 5.65 Å². The Morgan fingerprint density at radius 2 is 1.94 bits per heavy atom. The number of hydrogen-bond donors (Lipinski definition) is 0. The second kappa shape index (κ2) is 8.71. The van der Waals surface area contributed by atoms with E-state index in [1.54, 1.807) is 17.4 Å². The Bertz CT molecular complexity index is 1330. The average molecular weight is 488 g/mol. The zero-order valence-electron chi connectivity index (χ0n) is 18.1. The molecule has 3 aromatic heterocycles. The van der Waals surface area contributed by atoms with Gasteiger partial charge in [0.05, 0.1) is 12.7 Å². The Morgan fingerprint density at radius 3 is 2.68 bits per heavy atom. The summed E-state index contributed by atoms with van der Waals surface area (Å²) in [5.74, 6) is 0.733. The van der Waals surface area contributed by atoms with Gasteiger partial charge >= 0.3 is 6.18 Å². The third kappa shape index (κ3) is 4.23. The van der Waals surface area contributed by atoms with Crippen molar-refractivity contribution < 1.29 is 22.7 Å². The maximum absolute atomic E-state index is 13.2. The van der Waals surface area contributed by atoms with Crippen LogP contribution >= 0.6 is 11.3 Å². The number of halogens is 3. The molecule has 1 amide bonds. The van der Waals surface area contributed by atoms with Gasteiger partial charge in [0, 0.05) is 36.1 Å². The van der Waals surface area contributed by atoms with E-state index < -0.39 is 11.7 Å². The molecule has 1 saturated heterocycles. The minimum absolute atomic E-state index is 0.203. The molecule has 1 fully saturated rings. The van der Waals surface area contributed by atoms with Crippen LogP contribution in [0, 0.1) is 0 Å². The van der Waals surface area contributed by atoms with E-state index in [9.17, 15) is 18.0 Å². The molecule has 1 aliphatic rings. The molecule has 4 aromatic rings. The van der Waals surface area contributed by atoms with Crippen LogP contribution in [0.2, 0.25) is 0 Å². The summed E-state index contributed by atoms with van der Waals surface area (Å²) in [7, 11) is 1.60. The van der Waals surface area contributed by atoms with Crippen LogP contribution in [0.3, 0.4) is 0 Å². The third-order valence-corrected chi connectivity index (χ3v) is 6.78. The maximum Gasteiger partial charge on any atom is 0.417 e. The highest BCUT2D eigenvalue weighted by atomic mass is 32.1. The van der Waals surface area contributed by atoms with Crippen LogP contribution < -0.4 is 4.74 Å². The van der Waals surface area contributed by atoms with Gasteiger partial charge in [0.1, 0.15) is 22.3 Å². The fraction of sp³-hybridized carbons (Fsp3) is 0.304. The number of benzene rings is 1. The van der Waals surface area contributed by atoms with Crippen LogP contribution in [-0.2, 0) is 6.18 Å². The molecule has 0 saturated carbocycles. The molecule has 1 atom stereocenters. The molecule has 1 aromatic carbocycles. The van der Waals surface area contributed by atoms with E-state index in [2.05, 4.69) is 15.2 Å². The number of thiazole rings is 1. The number of amides is 1. The van der Waals surface area contributed by atoms with Crippen molar-refractivity contribution >= 4 is 22.9 Å². The minimum Gasteiger partial charge on any atom is -0.497 e. The van der Waals surface area contributed by atoms with Gasteiger partial charge in [-0.1, -0.05) is 0 Å². The first kappa shape index (κ1) is 22.3. The number of hydrogen-bond acceptors (Lipinski definition) is 6. The SMILES string of the molecule is COc1ccc(-c2nc(C(=O)N3CCCC(c4nnc5ccc(C(F)(F)F)cn45)C3)cs2)cc1. The van der Waals surface area contributed by atoms with E-state index in [0.29, 0.717) is 43.1 Å². The molecule has 0 N–H and O–H groups in total. The Hall–Kier alpha value is -3.47. The Morgan fingerprint density at radius 1 is 1.15 bits per heavy atom. The zero-order valence-corrected chi connectivity index (χ0v) is 18.9. The Balaban J connectivity index is 1.36. The summed E-state index contributed by atoms with van der Waals surface area (Å²) in [5.41, 5.74) is 0.812. The van der Waals surface area contributed by atoms with Crippen molar-refractivity contribution in [1.29, 1.82) is 0 Å². The summed E-state index contributed by atoms with van der Waals surface area (Å²) in [6.07, 6.45) is -2.03. The lowest BCUT2D eigenvalue weighted by atomic mass is 9.97. The lowest BCUT2D eigenvalue weighted by Crippen LogP contribution is -2.39. The van der Waals surface area contributed by atoms with Crippen LogP contribution in [0.15, 0.2) is 48.0 Å². The monoisotopic (exact) mass is 487 g/mol. The summed E-state index contributed by atoms with van der Waals surface area (Å²) in [5, 5.41) is 10.6. The molecule has 5 rings (SSSR count). The molecule has 1 aliphatic heterocycles. The second-order valence-corrected chi connectivity index (χ2v) is 8.92. The van der Waals surface area contributed by atoms with E-state index in [1.165, 1.54) is 21.8 Å². The molecule has 0 bridgehead atoms.